The maximum atomic E-state index is 12.7. The maximum absolute atomic E-state index is 12.7. The summed E-state index contributed by atoms with van der Waals surface area (Å²) < 4.78 is 16.8. The SMILES string of the molecule is CCCCOC(=O)C1(c2ccc(OC)cc2)OC12CCCC2. The molecule has 1 spiro atoms. The quantitative estimate of drug-likeness (QED) is 0.458. The largest absolute Gasteiger partial charge is 0.497 e. The molecule has 0 N–H and O–H groups in total. The van der Waals surface area contributed by atoms with Gasteiger partial charge in [-0.05, 0) is 37.0 Å². The number of esters is 1. The zero-order valence-corrected chi connectivity index (χ0v) is 13.4. The summed E-state index contributed by atoms with van der Waals surface area (Å²) in [4.78, 5) is 12.7. The van der Waals surface area contributed by atoms with Crippen molar-refractivity contribution in [3.63, 3.8) is 0 Å². The highest BCUT2D eigenvalue weighted by molar-refractivity contribution is 5.87. The van der Waals surface area contributed by atoms with E-state index >= 15 is 0 Å². The van der Waals surface area contributed by atoms with Crippen molar-refractivity contribution in [2.45, 2.75) is 56.7 Å². The van der Waals surface area contributed by atoms with Crippen LogP contribution in [0.3, 0.4) is 0 Å². The normalized spacial score (nSPS) is 25.2. The molecule has 1 aliphatic heterocycles. The standard InChI is InChI=1S/C18H24O4/c1-3-4-13-21-16(19)18(17(22-18)11-5-6-12-17)14-7-9-15(20-2)10-8-14/h7-10H,3-6,11-13H2,1-2H3. The molecule has 1 saturated heterocycles. The van der Waals surface area contributed by atoms with Gasteiger partial charge in [0.15, 0.2) is 0 Å². The van der Waals surface area contributed by atoms with Crippen molar-refractivity contribution in [1.82, 2.24) is 0 Å². The third-order valence-corrected chi connectivity index (χ3v) is 4.87. The maximum Gasteiger partial charge on any atom is 0.346 e. The smallest absolute Gasteiger partial charge is 0.346 e. The molecule has 0 radical (unpaired) electrons. The molecule has 2 aliphatic rings. The predicted molar refractivity (Wildman–Crippen MR) is 82.8 cm³/mol. The Kier molecular flexibility index (Phi) is 4.13. The zero-order valence-electron chi connectivity index (χ0n) is 13.4. The second-order valence-corrected chi connectivity index (χ2v) is 6.20. The number of methoxy groups -OCH3 is 1. The summed E-state index contributed by atoms with van der Waals surface area (Å²) in [6, 6.07) is 7.60. The van der Waals surface area contributed by atoms with Gasteiger partial charge < -0.3 is 14.2 Å². The molecule has 4 nitrogen and oxygen atoms in total. The van der Waals surface area contributed by atoms with E-state index < -0.39 is 5.60 Å². The lowest BCUT2D eigenvalue weighted by molar-refractivity contribution is -0.150. The molecular formula is C18H24O4. The van der Waals surface area contributed by atoms with Crippen molar-refractivity contribution in [1.29, 1.82) is 0 Å². The van der Waals surface area contributed by atoms with Gasteiger partial charge in [0.05, 0.1) is 13.7 Å². The number of hydrogen-bond acceptors (Lipinski definition) is 4. The Morgan fingerprint density at radius 3 is 2.50 bits per heavy atom. The molecule has 1 saturated carbocycles. The summed E-state index contributed by atoms with van der Waals surface area (Å²) in [5.41, 5.74) is -0.356. The van der Waals surface area contributed by atoms with Crippen molar-refractivity contribution < 1.29 is 19.0 Å². The molecular weight excluding hydrogens is 280 g/mol. The summed E-state index contributed by atoms with van der Waals surface area (Å²) in [7, 11) is 1.63. The van der Waals surface area contributed by atoms with Gasteiger partial charge >= 0.3 is 5.97 Å². The van der Waals surface area contributed by atoms with Crippen LogP contribution >= 0.6 is 0 Å². The van der Waals surface area contributed by atoms with Crippen LogP contribution < -0.4 is 4.74 Å². The molecule has 1 heterocycles. The lowest BCUT2D eigenvalue weighted by Crippen LogP contribution is -2.32. The molecule has 22 heavy (non-hydrogen) atoms. The van der Waals surface area contributed by atoms with Crippen molar-refractivity contribution in [2.75, 3.05) is 13.7 Å². The van der Waals surface area contributed by atoms with Crippen molar-refractivity contribution >= 4 is 5.97 Å². The predicted octanol–water partition coefficient (Wildman–Crippen LogP) is 3.58. The van der Waals surface area contributed by atoms with E-state index in [1.54, 1.807) is 7.11 Å². The zero-order chi connectivity index (χ0) is 15.6. The van der Waals surface area contributed by atoms with E-state index in [2.05, 4.69) is 6.92 Å². The number of carbonyl (C=O) groups excluding carboxylic acids is 1. The molecule has 0 bridgehead atoms. The van der Waals surface area contributed by atoms with E-state index in [-0.39, 0.29) is 11.6 Å². The molecule has 1 aromatic rings. The lowest BCUT2D eigenvalue weighted by atomic mass is 9.85. The lowest BCUT2D eigenvalue weighted by Gasteiger charge is -2.16. The third kappa shape index (κ3) is 2.30. The summed E-state index contributed by atoms with van der Waals surface area (Å²) >= 11 is 0. The van der Waals surface area contributed by atoms with Crippen molar-refractivity contribution in [2.24, 2.45) is 0 Å². The Hall–Kier alpha value is -1.55. The van der Waals surface area contributed by atoms with Crippen LogP contribution in [0.2, 0.25) is 0 Å². The van der Waals surface area contributed by atoms with Gasteiger partial charge in [-0.3, -0.25) is 0 Å². The molecule has 0 aromatic heterocycles. The van der Waals surface area contributed by atoms with E-state index in [1.165, 1.54) is 0 Å². The number of hydrogen-bond donors (Lipinski definition) is 0. The fraction of sp³-hybridized carbons (Fsp3) is 0.611. The summed E-state index contributed by atoms with van der Waals surface area (Å²) in [5.74, 6) is 0.549. The molecule has 2 fully saturated rings. The number of benzene rings is 1. The Bertz CT molecular complexity index is 531. The molecule has 3 rings (SSSR count). The topological polar surface area (TPSA) is 48.1 Å². The highest BCUT2D eigenvalue weighted by Crippen LogP contribution is 2.64. The van der Waals surface area contributed by atoms with Gasteiger partial charge in [0.1, 0.15) is 11.4 Å². The second kappa shape index (κ2) is 5.92. The van der Waals surface area contributed by atoms with Gasteiger partial charge in [0.25, 0.3) is 0 Å². The van der Waals surface area contributed by atoms with Crippen molar-refractivity contribution in [3.05, 3.63) is 29.8 Å². The number of rotatable bonds is 6. The van der Waals surface area contributed by atoms with Crippen LogP contribution in [0.4, 0.5) is 0 Å². The highest BCUT2D eigenvalue weighted by Gasteiger charge is 2.76. The van der Waals surface area contributed by atoms with Gasteiger partial charge in [-0.25, -0.2) is 4.79 Å². The molecule has 120 valence electrons. The first-order chi connectivity index (χ1) is 10.7. The number of ether oxygens (including phenoxy) is 3. The average molecular weight is 304 g/mol. The minimum absolute atomic E-state index is 0.229. The molecule has 1 unspecified atom stereocenters. The van der Waals surface area contributed by atoms with Crippen LogP contribution in [0.1, 0.15) is 51.0 Å². The highest BCUT2D eigenvalue weighted by atomic mass is 16.7. The van der Waals surface area contributed by atoms with Gasteiger partial charge in [-0.1, -0.05) is 38.3 Å². The Morgan fingerprint density at radius 1 is 1.23 bits per heavy atom. The van der Waals surface area contributed by atoms with E-state index in [9.17, 15) is 4.79 Å². The number of epoxide rings is 1. The average Bonchev–Trinajstić information content (AvgIpc) is 2.95. The number of carbonyl (C=O) groups is 1. The first-order valence-electron chi connectivity index (χ1n) is 8.20. The van der Waals surface area contributed by atoms with Gasteiger partial charge in [-0.2, -0.15) is 0 Å². The molecule has 4 heteroatoms. The van der Waals surface area contributed by atoms with Crippen LogP contribution in [0.5, 0.6) is 5.75 Å². The summed E-state index contributed by atoms with van der Waals surface area (Å²) in [6.07, 6.45) is 5.98. The molecule has 1 aromatic carbocycles. The van der Waals surface area contributed by atoms with E-state index in [1.807, 2.05) is 24.3 Å². The first-order valence-corrected chi connectivity index (χ1v) is 8.20. The van der Waals surface area contributed by atoms with Crippen LogP contribution in [0.15, 0.2) is 24.3 Å². The summed E-state index contributed by atoms with van der Waals surface area (Å²) in [6.45, 7) is 2.55. The van der Waals surface area contributed by atoms with Gasteiger partial charge in [-0.15, -0.1) is 0 Å². The van der Waals surface area contributed by atoms with Crippen LogP contribution in [-0.2, 0) is 19.9 Å². The molecule has 0 amide bonds. The van der Waals surface area contributed by atoms with Crippen LogP contribution in [0, 0.1) is 0 Å². The van der Waals surface area contributed by atoms with Crippen LogP contribution in [0.25, 0.3) is 0 Å². The fourth-order valence-electron chi connectivity index (χ4n) is 3.57. The molecule has 1 aliphatic carbocycles. The third-order valence-electron chi connectivity index (χ3n) is 4.87. The minimum atomic E-state index is -0.899. The number of unbranched alkanes of at least 4 members (excludes halogenated alkanes) is 1. The van der Waals surface area contributed by atoms with Gasteiger partial charge in [0.2, 0.25) is 5.60 Å². The Labute approximate surface area is 131 Å². The fourth-order valence-corrected chi connectivity index (χ4v) is 3.57. The molecule has 1 atom stereocenters. The van der Waals surface area contributed by atoms with Crippen molar-refractivity contribution in [3.8, 4) is 5.75 Å². The van der Waals surface area contributed by atoms with E-state index in [4.69, 9.17) is 14.2 Å². The summed E-state index contributed by atoms with van der Waals surface area (Å²) in [5, 5.41) is 0. The van der Waals surface area contributed by atoms with E-state index in [0.717, 1.165) is 49.8 Å². The monoisotopic (exact) mass is 304 g/mol. The van der Waals surface area contributed by atoms with Crippen LogP contribution in [-0.4, -0.2) is 25.3 Å². The minimum Gasteiger partial charge on any atom is -0.497 e. The van der Waals surface area contributed by atoms with Gasteiger partial charge in [0, 0.05) is 0 Å². The van der Waals surface area contributed by atoms with E-state index in [0.29, 0.717) is 6.61 Å². The first kappa shape index (κ1) is 15.3. The second-order valence-electron chi connectivity index (χ2n) is 6.20. The Balaban J connectivity index is 1.86. The Morgan fingerprint density at radius 2 is 1.91 bits per heavy atom.